The molecule has 66 valence electrons. The van der Waals surface area contributed by atoms with E-state index in [1.807, 2.05) is 0 Å². The minimum absolute atomic E-state index is 0.0718. The predicted octanol–water partition coefficient (Wildman–Crippen LogP) is -1.37. The van der Waals surface area contributed by atoms with Gasteiger partial charge in [-0.2, -0.15) is 18.8 Å². The van der Waals surface area contributed by atoms with E-state index in [0.29, 0.717) is 0 Å². The molecule has 0 aliphatic carbocycles. The van der Waals surface area contributed by atoms with Crippen molar-refractivity contribution in [3.63, 3.8) is 0 Å². The number of hydrogen-bond acceptors (Lipinski definition) is 4. The van der Waals surface area contributed by atoms with E-state index < -0.39 is 14.6 Å². The largest absolute Gasteiger partial charge is 0.598 e. The first-order valence-corrected chi connectivity index (χ1v) is 4.63. The van der Waals surface area contributed by atoms with E-state index in [0.717, 1.165) is 0 Å². The van der Waals surface area contributed by atoms with Crippen molar-refractivity contribution >= 4 is 10.0 Å². The number of benzene rings is 1. The molecule has 3 N–H and O–H groups in total. The summed E-state index contributed by atoms with van der Waals surface area (Å²) in [4.78, 5) is -0.0718. The fourth-order valence-corrected chi connectivity index (χ4v) is 1.46. The van der Waals surface area contributed by atoms with Crippen molar-refractivity contribution in [2.75, 3.05) is 0 Å². The Labute approximate surface area is 70.0 Å². The van der Waals surface area contributed by atoms with Gasteiger partial charge in [-0.1, -0.05) is 18.2 Å². The Kier molecular flexibility index (Phi) is 2.43. The average molecular weight is 188 g/mol. The van der Waals surface area contributed by atoms with E-state index in [1.54, 1.807) is 6.07 Å². The zero-order valence-electron chi connectivity index (χ0n) is 6.10. The van der Waals surface area contributed by atoms with Crippen LogP contribution in [0.4, 0.5) is 0 Å². The van der Waals surface area contributed by atoms with Crippen molar-refractivity contribution in [3.05, 3.63) is 35.5 Å². The van der Waals surface area contributed by atoms with Gasteiger partial charge in [0.1, 0.15) is 4.90 Å². The lowest BCUT2D eigenvalue weighted by atomic mass is 10.4. The third-order valence-corrected chi connectivity index (χ3v) is 2.74. The van der Waals surface area contributed by atoms with Crippen LogP contribution in [0.5, 0.6) is 0 Å². The van der Waals surface area contributed by atoms with E-state index in [9.17, 15) is 13.6 Å². The van der Waals surface area contributed by atoms with Gasteiger partial charge in [0.2, 0.25) is 0 Å². The SMILES string of the molecule is N[NH+]([O-])S(=O)(=O)c1ccccc1. The summed E-state index contributed by atoms with van der Waals surface area (Å²) in [6.45, 7) is 0. The number of nitrogens with one attached hydrogen (secondary N) is 1. The van der Waals surface area contributed by atoms with Gasteiger partial charge in [-0.15, -0.1) is 0 Å². The zero-order chi connectivity index (χ0) is 9.19. The van der Waals surface area contributed by atoms with Gasteiger partial charge < -0.3 is 5.21 Å². The highest BCUT2D eigenvalue weighted by molar-refractivity contribution is 7.85. The second-order valence-electron chi connectivity index (χ2n) is 2.14. The molecule has 0 heterocycles. The average Bonchev–Trinajstić information content (AvgIpc) is 2.06. The summed E-state index contributed by atoms with van der Waals surface area (Å²) < 4.78 is 20.8. The van der Waals surface area contributed by atoms with Crippen molar-refractivity contribution in [1.29, 1.82) is 0 Å². The van der Waals surface area contributed by atoms with Gasteiger partial charge in [0.25, 0.3) is 0 Å². The normalized spacial score (nSPS) is 14.2. The predicted molar refractivity (Wildman–Crippen MR) is 42.1 cm³/mol. The molecular formula is C6H8N2O3S. The lowest BCUT2D eigenvalue weighted by Gasteiger charge is -2.13. The molecule has 1 unspecified atom stereocenters. The Morgan fingerprint density at radius 1 is 1.25 bits per heavy atom. The summed E-state index contributed by atoms with van der Waals surface area (Å²) in [6, 6.07) is 7.34. The third kappa shape index (κ3) is 1.62. The van der Waals surface area contributed by atoms with E-state index in [4.69, 9.17) is 0 Å². The van der Waals surface area contributed by atoms with Crippen molar-refractivity contribution in [2.24, 2.45) is 5.84 Å². The molecule has 12 heavy (non-hydrogen) atoms. The Morgan fingerprint density at radius 3 is 2.17 bits per heavy atom. The fraction of sp³-hybridized carbons (Fsp3) is 0. The number of rotatable bonds is 2. The van der Waals surface area contributed by atoms with Crippen LogP contribution >= 0.6 is 0 Å². The van der Waals surface area contributed by atoms with Crippen molar-refractivity contribution in [3.8, 4) is 0 Å². The van der Waals surface area contributed by atoms with Crippen LogP contribution in [0.2, 0.25) is 0 Å². The Hall–Kier alpha value is -0.950. The molecule has 0 saturated heterocycles. The molecular weight excluding hydrogens is 180 g/mol. The van der Waals surface area contributed by atoms with Gasteiger partial charge in [-0.05, 0) is 12.1 Å². The van der Waals surface area contributed by atoms with Crippen LogP contribution in [-0.4, -0.2) is 8.42 Å². The molecule has 0 aliphatic rings. The smallest absolute Gasteiger partial charge is 0.343 e. The maximum atomic E-state index is 11.1. The van der Waals surface area contributed by atoms with E-state index in [-0.39, 0.29) is 4.90 Å². The van der Waals surface area contributed by atoms with Crippen molar-refractivity contribution in [1.82, 2.24) is 0 Å². The van der Waals surface area contributed by atoms with Crippen molar-refractivity contribution in [2.45, 2.75) is 4.90 Å². The van der Waals surface area contributed by atoms with Crippen LogP contribution in [0.15, 0.2) is 35.2 Å². The van der Waals surface area contributed by atoms with Crippen LogP contribution in [0.3, 0.4) is 0 Å². The van der Waals surface area contributed by atoms with Gasteiger partial charge in [0.15, 0.2) is 0 Å². The summed E-state index contributed by atoms with van der Waals surface area (Å²) in [6.07, 6.45) is 0. The maximum absolute atomic E-state index is 11.1. The topological polar surface area (TPSA) is 87.7 Å². The minimum Gasteiger partial charge on any atom is -0.598 e. The highest BCUT2D eigenvalue weighted by atomic mass is 32.2. The second-order valence-corrected chi connectivity index (χ2v) is 4.02. The standard InChI is InChI=1S/C6H8N2O3S/c7-8(9)12(10,11)6-4-2-1-3-5-6/h1-5,8H,7H2. The Bertz CT molecular complexity index is 346. The molecule has 5 nitrogen and oxygen atoms in total. The fourth-order valence-electron chi connectivity index (χ4n) is 0.716. The number of quaternary nitrogens is 1. The summed E-state index contributed by atoms with van der Waals surface area (Å²) in [5, 5.41) is 10.5. The van der Waals surface area contributed by atoms with Gasteiger partial charge in [-0.25, -0.2) is 0 Å². The van der Waals surface area contributed by atoms with Gasteiger partial charge in [0, 0.05) is 0 Å². The molecule has 1 aromatic carbocycles. The van der Waals surface area contributed by atoms with E-state index >= 15 is 0 Å². The number of nitrogens with two attached hydrogens (primary N) is 1. The molecule has 0 bridgehead atoms. The molecule has 0 radical (unpaired) electrons. The number of sulfonamides is 1. The molecule has 1 rings (SSSR count). The highest BCUT2D eigenvalue weighted by Crippen LogP contribution is 2.02. The quantitative estimate of drug-likeness (QED) is 0.443. The first-order valence-electron chi connectivity index (χ1n) is 3.15. The molecule has 0 spiro atoms. The summed E-state index contributed by atoms with van der Waals surface area (Å²) in [7, 11) is -3.94. The molecule has 1 atom stereocenters. The maximum Gasteiger partial charge on any atom is 0.343 e. The summed E-state index contributed by atoms with van der Waals surface area (Å²) in [5.74, 6) is 4.68. The minimum atomic E-state index is -3.94. The van der Waals surface area contributed by atoms with E-state index in [2.05, 4.69) is 5.84 Å². The summed E-state index contributed by atoms with van der Waals surface area (Å²) in [5.41, 5.74) is 0. The molecule has 0 fully saturated rings. The van der Waals surface area contributed by atoms with Crippen molar-refractivity contribution < 1.29 is 13.0 Å². The van der Waals surface area contributed by atoms with Gasteiger partial charge in [0.05, 0.1) is 0 Å². The molecule has 0 saturated carbocycles. The Balaban J connectivity index is 3.17. The molecule has 6 heteroatoms. The van der Waals surface area contributed by atoms with Gasteiger partial charge >= 0.3 is 10.0 Å². The first kappa shape index (κ1) is 9.14. The first-order chi connectivity index (χ1) is 5.55. The van der Waals surface area contributed by atoms with Gasteiger partial charge in [-0.3, -0.25) is 0 Å². The lowest BCUT2D eigenvalue weighted by Crippen LogP contribution is -3.14. The third-order valence-electron chi connectivity index (χ3n) is 1.32. The van der Waals surface area contributed by atoms with Crippen LogP contribution in [0, 0.1) is 5.21 Å². The highest BCUT2D eigenvalue weighted by Gasteiger charge is 2.18. The lowest BCUT2D eigenvalue weighted by molar-refractivity contribution is -0.720. The second kappa shape index (κ2) is 3.20. The Morgan fingerprint density at radius 2 is 1.75 bits per heavy atom. The van der Waals surface area contributed by atoms with Crippen LogP contribution < -0.4 is 10.4 Å². The van der Waals surface area contributed by atoms with Crippen LogP contribution in [0.1, 0.15) is 0 Å². The van der Waals surface area contributed by atoms with Crippen LogP contribution in [-0.2, 0) is 10.0 Å². The molecule has 0 aliphatic heterocycles. The van der Waals surface area contributed by atoms with Crippen LogP contribution in [0.25, 0.3) is 0 Å². The molecule has 0 aromatic heterocycles. The summed E-state index contributed by atoms with van der Waals surface area (Å²) >= 11 is 0. The molecule has 0 amide bonds. The zero-order valence-corrected chi connectivity index (χ0v) is 6.91. The number of hydrogen-bond donors (Lipinski definition) is 2. The monoisotopic (exact) mass is 188 g/mol. The molecule has 1 aromatic rings. The van der Waals surface area contributed by atoms with E-state index in [1.165, 1.54) is 24.3 Å².